The minimum absolute atomic E-state index is 0.0258. The fraction of sp³-hybridized carbons (Fsp3) is 0.636. The molecule has 0 radical (unpaired) electrons. The van der Waals surface area contributed by atoms with Crippen LogP contribution in [0.15, 0.2) is 24.3 Å². The third-order valence-corrected chi connectivity index (χ3v) is 6.26. The largest absolute Gasteiger partial charge is 0.329 e. The molecule has 0 aromatic heterocycles. The molecule has 1 saturated heterocycles. The van der Waals surface area contributed by atoms with Gasteiger partial charge in [0.05, 0.1) is 7.05 Å². The predicted molar refractivity (Wildman–Crippen MR) is 106 cm³/mol. The first-order chi connectivity index (χ1) is 12.6. The Morgan fingerprint density at radius 2 is 1.85 bits per heavy atom. The van der Waals surface area contributed by atoms with Crippen LogP contribution < -0.4 is 10.2 Å². The van der Waals surface area contributed by atoms with Crippen LogP contribution in [-0.2, 0) is 16.8 Å². The number of urea groups is 1. The lowest BCUT2D eigenvalue weighted by Gasteiger charge is -2.36. The van der Waals surface area contributed by atoms with Crippen molar-refractivity contribution in [2.24, 2.45) is 5.92 Å². The highest BCUT2D eigenvalue weighted by Crippen LogP contribution is 2.37. The van der Waals surface area contributed by atoms with Gasteiger partial charge in [-0.25, -0.2) is 9.69 Å². The third-order valence-electron chi connectivity index (χ3n) is 6.26. The van der Waals surface area contributed by atoms with Gasteiger partial charge in [-0.2, -0.15) is 0 Å². The van der Waals surface area contributed by atoms with Crippen LogP contribution in [0.5, 0.6) is 0 Å². The van der Waals surface area contributed by atoms with Crippen molar-refractivity contribution < 1.29 is 14.5 Å². The van der Waals surface area contributed by atoms with Crippen LogP contribution in [0.3, 0.4) is 0 Å². The fourth-order valence-corrected chi connectivity index (χ4v) is 4.44. The summed E-state index contributed by atoms with van der Waals surface area (Å²) in [7, 11) is 2.04. The highest BCUT2D eigenvalue weighted by Gasteiger charge is 2.55. The van der Waals surface area contributed by atoms with Crippen molar-refractivity contribution in [1.29, 1.82) is 0 Å². The van der Waals surface area contributed by atoms with E-state index in [1.54, 1.807) is 0 Å². The van der Waals surface area contributed by atoms with Gasteiger partial charge in [0.15, 0.2) is 6.67 Å². The van der Waals surface area contributed by atoms with Crippen molar-refractivity contribution in [2.45, 2.75) is 70.9 Å². The fourth-order valence-electron chi connectivity index (χ4n) is 4.44. The molecule has 2 aliphatic rings. The smallest absolute Gasteiger partial charge is 0.323 e. The number of hydrogen-bond donors (Lipinski definition) is 2. The van der Waals surface area contributed by atoms with Gasteiger partial charge in [0.2, 0.25) is 0 Å². The summed E-state index contributed by atoms with van der Waals surface area (Å²) in [5, 5.41) is 3.04. The maximum atomic E-state index is 13.1. The minimum atomic E-state index is -0.663. The summed E-state index contributed by atoms with van der Waals surface area (Å²) in [4.78, 5) is 28.2. The molecule has 5 heteroatoms. The number of quaternary nitrogens is 1. The highest BCUT2D eigenvalue weighted by atomic mass is 16.2. The Balaban J connectivity index is 1.64. The number of amides is 3. The van der Waals surface area contributed by atoms with E-state index in [0.29, 0.717) is 6.67 Å². The molecule has 27 heavy (non-hydrogen) atoms. The first-order valence-electron chi connectivity index (χ1n) is 10.2. The van der Waals surface area contributed by atoms with Crippen molar-refractivity contribution >= 4 is 11.9 Å². The standard InChI is InChI=1S/C22H33N3O2/c1-16-8-6-7-13-22(16)19(26)25(20(27)23-22)15-24(5)14-17-9-11-18(12-10-17)21(2,3)4/h9-12,16H,6-8,13-15H2,1-5H3,(H,23,27)/p+1/t16-,22-/m1/s1. The van der Waals surface area contributed by atoms with Crippen LogP contribution in [0, 0.1) is 5.92 Å². The van der Waals surface area contributed by atoms with Crippen LogP contribution in [0.25, 0.3) is 0 Å². The molecular formula is C22H34N3O2+. The van der Waals surface area contributed by atoms with Gasteiger partial charge < -0.3 is 10.2 Å². The van der Waals surface area contributed by atoms with Gasteiger partial charge in [0.1, 0.15) is 12.1 Å². The normalized spacial score (nSPS) is 27.1. The lowest BCUT2D eigenvalue weighted by molar-refractivity contribution is -0.901. The molecular weight excluding hydrogens is 338 g/mol. The molecule has 1 unspecified atom stereocenters. The SMILES string of the molecule is C[C@@H]1CCCC[C@@]12NC(=O)N(C[NH+](C)Cc1ccc(C(C)(C)C)cc1)C2=O. The van der Waals surface area contributed by atoms with Crippen LogP contribution >= 0.6 is 0 Å². The van der Waals surface area contributed by atoms with E-state index in [9.17, 15) is 9.59 Å². The summed E-state index contributed by atoms with van der Waals surface area (Å²) < 4.78 is 0. The Bertz CT molecular complexity index is 707. The molecule has 1 aromatic carbocycles. The topological polar surface area (TPSA) is 53.9 Å². The third kappa shape index (κ3) is 3.88. The van der Waals surface area contributed by atoms with Gasteiger partial charge in [-0.3, -0.25) is 4.79 Å². The summed E-state index contributed by atoms with van der Waals surface area (Å²) in [5.74, 6) is 0.181. The summed E-state index contributed by atoms with van der Waals surface area (Å²) >= 11 is 0. The Labute approximate surface area is 163 Å². The van der Waals surface area contributed by atoms with E-state index >= 15 is 0 Å². The predicted octanol–water partition coefficient (Wildman–Crippen LogP) is 2.46. The van der Waals surface area contributed by atoms with E-state index in [1.165, 1.54) is 16.0 Å². The minimum Gasteiger partial charge on any atom is -0.323 e. The van der Waals surface area contributed by atoms with Crippen molar-refractivity contribution in [2.75, 3.05) is 13.7 Å². The quantitative estimate of drug-likeness (QED) is 0.798. The number of nitrogens with zero attached hydrogens (tertiary/aromatic N) is 1. The molecule has 1 aliphatic heterocycles. The number of nitrogens with one attached hydrogen (secondary N) is 2. The molecule has 3 rings (SSSR count). The Morgan fingerprint density at radius 3 is 2.44 bits per heavy atom. The number of carbonyl (C=O) groups excluding carboxylic acids is 2. The Kier molecular flexibility index (Phi) is 5.35. The molecule has 1 heterocycles. The number of benzene rings is 1. The van der Waals surface area contributed by atoms with Gasteiger partial charge in [0.25, 0.3) is 5.91 Å². The van der Waals surface area contributed by atoms with Crippen molar-refractivity contribution in [1.82, 2.24) is 10.2 Å². The van der Waals surface area contributed by atoms with Crippen LogP contribution in [-0.4, -0.2) is 36.1 Å². The van der Waals surface area contributed by atoms with Gasteiger partial charge in [-0.15, -0.1) is 0 Å². The first kappa shape index (κ1) is 19.9. The van der Waals surface area contributed by atoms with Crippen molar-refractivity contribution in [3.63, 3.8) is 0 Å². The van der Waals surface area contributed by atoms with Crippen LogP contribution in [0.1, 0.15) is 64.5 Å². The zero-order chi connectivity index (χ0) is 19.8. The number of imide groups is 1. The van der Waals surface area contributed by atoms with E-state index in [-0.39, 0.29) is 23.3 Å². The van der Waals surface area contributed by atoms with E-state index in [0.717, 1.165) is 37.1 Å². The molecule has 148 valence electrons. The molecule has 2 N–H and O–H groups in total. The van der Waals surface area contributed by atoms with Gasteiger partial charge in [-0.05, 0) is 29.7 Å². The number of carbonyl (C=O) groups is 2. The second-order valence-corrected chi connectivity index (χ2v) is 9.52. The summed E-state index contributed by atoms with van der Waals surface area (Å²) in [6.45, 7) is 9.90. The molecule has 1 aromatic rings. The highest BCUT2D eigenvalue weighted by molar-refractivity contribution is 6.07. The van der Waals surface area contributed by atoms with Gasteiger partial charge in [0, 0.05) is 5.56 Å². The van der Waals surface area contributed by atoms with Crippen LogP contribution in [0.2, 0.25) is 0 Å². The average Bonchev–Trinajstić information content (AvgIpc) is 2.82. The van der Waals surface area contributed by atoms with Crippen LogP contribution in [0.4, 0.5) is 4.79 Å². The second kappa shape index (κ2) is 7.27. The molecule has 1 aliphatic carbocycles. The summed E-state index contributed by atoms with van der Waals surface area (Å²) in [6.07, 6.45) is 3.92. The first-order valence-corrected chi connectivity index (χ1v) is 10.2. The molecule has 3 atom stereocenters. The van der Waals surface area contributed by atoms with E-state index in [2.05, 4.69) is 57.3 Å². The lowest BCUT2D eigenvalue weighted by atomic mass is 9.73. The van der Waals surface area contributed by atoms with E-state index in [1.807, 2.05) is 7.05 Å². The zero-order valence-corrected chi connectivity index (χ0v) is 17.4. The molecule has 0 bridgehead atoms. The monoisotopic (exact) mass is 372 g/mol. The zero-order valence-electron chi connectivity index (χ0n) is 17.4. The molecule has 5 nitrogen and oxygen atoms in total. The molecule has 1 saturated carbocycles. The maximum Gasteiger partial charge on any atom is 0.329 e. The Hall–Kier alpha value is -1.88. The number of rotatable bonds is 4. The molecule has 1 spiro atoms. The van der Waals surface area contributed by atoms with Gasteiger partial charge >= 0.3 is 6.03 Å². The second-order valence-electron chi connectivity index (χ2n) is 9.52. The molecule has 3 amide bonds. The van der Waals surface area contributed by atoms with E-state index in [4.69, 9.17) is 0 Å². The number of hydrogen-bond acceptors (Lipinski definition) is 2. The summed E-state index contributed by atoms with van der Waals surface area (Å²) in [6, 6.07) is 8.43. The summed E-state index contributed by atoms with van der Waals surface area (Å²) in [5.41, 5.74) is 2.01. The van der Waals surface area contributed by atoms with Crippen molar-refractivity contribution in [3.05, 3.63) is 35.4 Å². The maximum absolute atomic E-state index is 13.1. The molecule has 2 fully saturated rings. The lowest BCUT2D eigenvalue weighted by Crippen LogP contribution is -3.09. The van der Waals surface area contributed by atoms with Crippen molar-refractivity contribution in [3.8, 4) is 0 Å². The average molecular weight is 373 g/mol. The van der Waals surface area contributed by atoms with E-state index < -0.39 is 5.54 Å². The Morgan fingerprint density at radius 1 is 1.19 bits per heavy atom. The van der Waals surface area contributed by atoms with Gasteiger partial charge in [-0.1, -0.05) is 64.8 Å².